The molecule has 1 unspecified atom stereocenters. The van der Waals surface area contributed by atoms with Gasteiger partial charge in [-0.3, -0.25) is 4.79 Å². The molecular weight excluding hydrogens is 330 g/mol. The normalized spacial score (nSPS) is 11.7. The Morgan fingerprint density at radius 1 is 0.923 bits per heavy atom. The average Bonchev–Trinajstić information content (AvgIpc) is 2.62. The van der Waals surface area contributed by atoms with Crippen LogP contribution in [0.15, 0.2) is 54.6 Å². The molecule has 6 nitrogen and oxygen atoms in total. The highest BCUT2D eigenvalue weighted by molar-refractivity contribution is 6.04. The number of aliphatic hydroxyl groups is 1. The molecule has 2 rings (SSSR count). The Morgan fingerprint density at radius 3 is 2.12 bits per heavy atom. The van der Waals surface area contributed by atoms with E-state index in [2.05, 4.69) is 16.0 Å². The molecule has 26 heavy (non-hydrogen) atoms. The van der Waals surface area contributed by atoms with Gasteiger partial charge in [-0.1, -0.05) is 32.0 Å². The summed E-state index contributed by atoms with van der Waals surface area (Å²) in [5.41, 5.74) is 1.78. The van der Waals surface area contributed by atoms with Crippen LogP contribution in [0.1, 0.15) is 30.6 Å². The molecule has 0 aromatic heterocycles. The van der Waals surface area contributed by atoms with Crippen molar-refractivity contribution in [2.45, 2.75) is 26.3 Å². The molecule has 0 aliphatic heterocycles. The number of para-hydroxylation sites is 1. The van der Waals surface area contributed by atoms with Crippen LogP contribution < -0.4 is 16.0 Å². The lowest BCUT2D eigenvalue weighted by Crippen LogP contribution is -2.40. The Balaban J connectivity index is 1.90. The van der Waals surface area contributed by atoms with Crippen molar-refractivity contribution in [1.82, 2.24) is 5.32 Å². The fraction of sp³-hybridized carbons (Fsp3) is 0.300. The van der Waals surface area contributed by atoms with E-state index in [4.69, 9.17) is 0 Å². The summed E-state index contributed by atoms with van der Waals surface area (Å²) in [6.45, 7) is 3.95. The molecule has 0 saturated heterocycles. The molecule has 1 atom stereocenters. The van der Waals surface area contributed by atoms with E-state index in [1.54, 1.807) is 24.3 Å². The Bertz CT molecular complexity index is 715. The van der Waals surface area contributed by atoms with Crippen LogP contribution in [-0.4, -0.2) is 29.7 Å². The summed E-state index contributed by atoms with van der Waals surface area (Å²) in [5.74, 6) is 0.152. The maximum absolute atomic E-state index is 12.2. The number of nitrogens with one attached hydrogen (secondary N) is 3. The first-order valence-electron chi connectivity index (χ1n) is 8.62. The number of hydrogen-bond acceptors (Lipinski definition) is 3. The first-order chi connectivity index (χ1) is 12.5. The molecule has 2 aromatic carbocycles. The monoisotopic (exact) mass is 355 g/mol. The van der Waals surface area contributed by atoms with Crippen LogP contribution in [0.5, 0.6) is 0 Å². The van der Waals surface area contributed by atoms with E-state index in [0.29, 0.717) is 23.6 Å². The lowest BCUT2D eigenvalue weighted by atomic mass is 10.0. The minimum absolute atomic E-state index is 0.107. The van der Waals surface area contributed by atoms with E-state index in [1.807, 2.05) is 44.2 Å². The van der Waals surface area contributed by atoms with Gasteiger partial charge in [0.15, 0.2) is 0 Å². The highest BCUT2D eigenvalue weighted by atomic mass is 16.3. The molecule has 6 heteroatoms. The predicted octanol–water partition coefficient (Wildman–Crippen LogP) is 3.47. The van der Waals surface area contributed by atoms with Crippen LogP contribution in [0.2, 0.25) is 0 Å². The van der Waals surface area contributed by atoms with Gasteiger partial charge < -0.3 is 21.1 Å². The zero-order chi connectivity index (χ0) is 18.9. The molecular formula is C20H25N3O3. The van der Waals surface area contributed by atoms with E-state index in [1.165, 1.54) is 0 Å². The third kappa shape index (κ3) is 6.22. The number of benzene rings is 2. The number of carbonyl (C=O) groups excluding carboxylic acids is 2. The van der Waals surface area contributed by atoms with Crippen LogP contribution in [0.25, 0.3) is 0 Å². The van der Waals surface area contributed by atoms with Crippen molar-refractivity contribution in [3.8, 4) is 0 Å². The molecule has 4 N–H and O–H groups in total. The smallest absolute Gasteiger partial charge is 0.319 e. The van der Waals surface area contributed by atoms with Gasteiger partial charge >= 0.3 is 6.03 Å². The van der Waals surface area contributed by atoms with Gasteiger partial charge in [-0.25, -0.2) is 4.79 Å². The maximum atomic E-state index is 12.2. The van der Waals surface area contributed by atoms with E-state index in [0.717, 1.165) is 5.69 Å². The maximum Gasteiger partial charge on any atom is 0.319 e. The van der Waals surface area contributed by atoms with E-state index in [-0.39, 0.29) is 24.6 Å². The Labute approximate surface area is 153 Å². The molecule has 2 aromatic rings. The summed E-state index contributed by atoms with van der Waals surface area (Å²) in [5, 5.41) is 17.6. The van der Waals surface area contributed by atoms with Crippen LogP contribution in [0, 0.1) is 5.92 Å². The van der Waals surface area contributed by atoms with Gasteiger partial charge in [0.1, 0.15) is 0 Å². The fourth-order valence-electron chi connectivity index (χ4n) is 2.53. The van der Waals surface area contributed by atoms with Crippen molar-refractivity contribution in [2.24, 2.45) is 5.92 Å². The van der Waals surface area contributed by atoms with Crippen molar-refractivity contribution in [3.05, 3.63) is 60.2 Å². The lowest BCUT2D eigenvalue weighted by molar-refractivity contribution is 0.102. The minimum Gasteiger partial charge on any atom is -0.394 e. The predicted molar refractivity (Wildman–Crippen MR) is 103 cm³/mol. The van der Waals surface area contributed by atoms with Crippen molar-refractivity contribution in [1.29, 1.82) is 0 Å². The topological polar surface area (TPSA) is 90.5 Å². The zero-order valence-electron chi connectivity index (χ0n) is 15.0. The highest BCUT2D eigenvalue weighted by Gasteiger charge is 2.13. The summed E-state index contributed by atoms with van der Waals surface area (Å²) in [4.78, 5) is 24.2. The third-order valence-electron chi connectivity index (χ3n) is 3.75. The molecule has 0 radical (unpaired) electrons. The molecule has 138 valence electrons. The second-order valence-corrected chi connectivity index (χ2v) is 6.51. The lowest BCUT2D eigenvalue weighted by Gasteiger charge is -2.18. The number of carbonyl (C=O) groups is 2. The molecule has 0 saturated carbocycles. The largest absolute Gasteiger partial charge is 0.394 e. The Hall–Kier alpha value is -2.86. The van der Waals surface area contributed by atoms with Gasteiger partial charge in [-0.05, 0) is 48.7 Å². The summed E-state index contributed by atoms with van der Waals surface area (Å²) in [7, 11) is 0. The molecule has 3 amide bonds. The van der Waals surface area contributed by atoms with Gasteiger partial charge in [-0.15, -0.1) is 0 Å². The van der Waals surface area contributed by atoms with Gasteiger partial charge in [0.25, 0.3) is 5.91 Å². The van der Waals surface area contributed by atoms with E-state index in [9.17, 15) is 14.7 Å². The Morgan fingerprint density at radius 2 is 1.54 bits per heavy atom. The Kier molecular flexibility index (Phi) is 7.17. The number of amides is 3. The molecule has 0 spiro atoms. The van der Waals surface area contributed by atoms with Crippen LogP contribution in [0.3, 0.4) is 0 Å². The molecule has 0 aliphatic carbocycles. The highest BCUT2D eigenvalue weighted by Crippen LogP contribution is 2.13. The molecule has 0 aliphatic rings. The number of hydrogen-bond donors (Lipinski definition) is 4. The van der Waals surface area contributed by atoms with Crippen LogP contribution in [-0.2, 0) is 0 Å². The summed E-state index contributed by atoms with van der Waals surface area (Å²) < 4.78 is 0. The second kappa shape index (κ2) is 9.58. The van der Waals surface area contributed by atoms with Crippen molar-refractivity contribution >= 4 is 23.3 Å². The SMILES string of the molecule is CC(C)CC(CO)NC(=O)Nc1ccc(C(=O)Nc2ccccc2)cc1. The third-order valence-corrected chi connectivity index (χ3v) is 3.75. The quantitative estimate of drug-likeness (QED) is 0.613. The fourth-order valence-corrected chi connectivity index (χ4v) is 2.53. The van der Waals surface area contributed by atoms with Crippen molar-refractivity contribution < 1.29 is 14.7 Å². The minimum atomic E-state index is -0.383. The van der Waals surface area contributed by atoms with E-state index >= 15 is 0 Å². The van der Waals surface area contributed by atoms with Gasteiger partial charge in [-0.2, -0.15) is 0 Å². The van der Waals surface area contributed by atoms with Gasteiger partial charge in [0, 0.05) is 16.9 Å². The summed E-state index contributed by atoms with van der Waals surface area (Å²) in [6, 6.07) is 15.1. The van der Waals surface area contributed by atoms with Crippen molar-refractivity contribution in [2.75, 3.05) is 17.2 Å². The first kappa shape index (κ1) is 19.5. The summed E-state index contributed by atoms with van der Waals surface area (Å²) >= 11 is 0. The number of rotatable bonds is 7. The summed E-state index contributed by atoms with van der Waals surface area (Å²) in [6.07, 6.45) is 0.697. The standard InChI is InChI=1S/C20H25N3O3/c1-14(2)12-18(13-24)23-20(26)22-17-10-8-15(9-11-17)19(25)21-16-6-4-3-5-7-16/h3-11,14,18,24H,12-13H2,1-2H3,(H,21,25)(H2,22,23,26). The second-order valence-electron chi connectivity index (χ2n) is 6.51. The zero-order valence-corrected chi connectivity index (χ0v) is 15.0. The molecule has 0 heterocycles. The number of aliphatic hydroxyl groups excluding tert-OH is 1. The number of urea groups is 1. The average molecular weight is 355 g/mol. The van der Waals surface area contributed by atoms with Gasteiger partial charge in [0.05, 0.1) is 12.6 Å². The number of anilines is 2. The van der Waals surface area contributed by atoms with Crippen molar-refractivity contribution in [3.63, 3.8) is 0 Å². The molecule has 0 fully saturated rings. The first-order valence-corrected chi connectivity index (χ1v) is 8.62. The van der Waals surface area contributed by atoms with Crippen LogP contribution >= 0.6 is 0 Å². The van der Waals surface area contributed by atoms with Gasteiger partial charge in [0.2, 0.25) is 0 Å². The molecule has 0 bridgehead atoms. The van der Waals surface area contributed by atoms with E-state index < -0.39 is 0 Å². The van der Waals surface area contributed by atoms with Crippen LogP contribution in [0.4, 0.5) is 16.2 Å².